The van der Waals surface area contributed by atoms with Crippen LogP contribution < -0.4 is 0 Å². The summed E-state index contributed by atoms with van der Waals surface area (Å²) in [4.78, 5) is 11.9. The van der Waals surface area contributed by atoms with Crippen LogP contribution in [-0.2, 0) is 4.79 Å². The second-order valence-corrected chi connectivity index (χ2v) is 5.69. The lowest BCUT2D eigenvalue weighted by molar-refractivity contribution is -0.130. The minimum atomic E-state index is -0.629. The zero-order valence-corrected chi connectivity index (χ0v) is 13.1. The topological polar surface area (TPSA) is 52.9 Å². The molecule has 0 unspecified atom stereocenters. The summed E-state index contributed by atoms with van der Waals surface area (Å²) >= 11 is 6.13. The first-order chi connectivity index (χ1) is 11.0. The maximum Gasteiger partial charge on any atom is 0.240 e. The molecule has 2 aromatic carbocycles. The average Bonchev–Trinajstić information content (AvgIpc) is 2.92. The highest BCUT2D eigenvalue weighted by Gasteiger charge is 2.35. The molecule has 4 nitrogen and oxygen atoms in total. The van der Waals surface area contributed by atoms with Gasteiger partial charge in [0.15, 0.2) is 0 Å². The van der Waals surface area contributed by atoms with Crippen molar-refractivity contribution in [3.63, 3.8) is 0 Å². The van der Waals surface area contributed by atoms with Crippen molar-refractivity contribution in [1.29, 1.82) is 0 Å². The number of hydrogen-bond donors (Lipinski definition) is 1. The van der Waals surface area contributed by atoms with E-state index >= 15 is 0 Å². The summed E-state index contributed by atoms with van der Waals surface area (Å²) in [6.45, 7) is 1.36. The quantitative estimate of drug-likeness (QED) is 0.907. The third kappa shape index (κ3) is 2.80. The normalized spacial score (nSPS) is 17.3. The molecule has 1 aliphatic rings. The van der Waals surface area contributed by atoms with Crippen molar-refractivity contribution in [3.05, 3.63) is 64.4 Å². The van der Waals surface area contributed by atoms with Gasteiger partial charge in [-0.15, -0.1) is 0 Å². The average molecular weight is 333 g/mol. The number of para-hydroxylation sites is 1. The number of phenolic OH excluding ortho intramolecular Hbond substituents is 1. The molecule has 1 N–H and O–H groups in total. The lowest BCUT2D eigenvalue weighted by Crippen LogP contribution is -2.25. The first kappa shape index (κ1) is 15.5. The molecule has 0 aromatic heterocycles. The third-order valence-electron chi connectivity index (χ3n) is 3.78. The van der Waals surface area contributed by atoms with Gasteiger partial charge in [-0.25, -0.2) is 9.40 Å². The first-order valence-corrected chi connectivity index (χ1v) is 7.46. The summed E-state index contributed by atoms with van der Waals surface area (Å²) in [5.74, 6) is -0.739. The van der Waals surface area contributed by atoms with Gasteiger partial charge in [0, 0.05) is 29.5 Å². The van der Waals surface area contributed by atoms with Crippen molar-refractivity contribution in [2.24, 2.45) is 5.10 Å². The standard InChI is InChI=1S/C17H14ClFN2O2/c1-10(22)21-15(17-12(18)6-4-7-13(17)19)9-14(20-21)11-5-2-3-8-16(11)23/h2-8,15,23H,9H2,1H3/t15-/m0/s1. The van der Waals surface area contributed by atoms with Gasteiger partial charge in [-0.1, -0.05) is 29.8 Å². The van der Waals surface area contributed by atoms with E-state index in [1.165, 1.54) is 24.1 Å². The molecule has 0 radical (unpaired) electrons. The number of phenols is 1. The van der Waals surface area contributed by atoms with Gasteiger partial charge in [0.1, 0.15) is 11.6 Å². The van der Waals surface area contributed by atoms with Gasteiger partial charge in [-0.3, -0.25) is 4.79 Å². The Labute approximate surface area is 137 Å². The minimum Gasteiger partial charge on any atom is -0.507 e. The predicted molar refractivity (Wildman–Crippen MR) is 85.9 cm³/mol. The molecule has 1 aliphatic heterocycles. The molecule has 0 saturated heterocycles. The van der Waals surface area contributed by atoms with E-state index in [0.717, 1.165) is 0 Å². The zero-order chi connectivity index (χ0) is 16.6. The number of amides is 1. The monoisotopic (exact) mass is 332 g/mol. The van der Waals surface area contributed by atoms with Crippen LogP contribution in [0.3, 0.4) is 0 Å². The van der Waals surface area contributed by atoms with Crippen molar-refractivity contribution in [2.45, 2.75) is 19.4 Å². The first-order valence-electron chi connectivity index (χ1n) is 7.08. The minimum absolute atomic E-state index is 0.0648. The van der Waals surface area contributed by atoms with Crippen molar-refractivity contribution in [2.75, 3.05) is 0 Å². The van der Waals surface area contributed by atoms with E-state index in [2.05, 4.69) is 5.10 Å². The summed E-state index contributed by atoms with van der Waals surface area (Å²) < 4.78 is 14.2. The number of hydrazone groups is 1. The van der Waals surface area contributed by atoms with Crippen LogP contribution in [0.25, 0.3) is 0 Å². The maximum atomic E-state index is 14.2. The maximum absolute atomic E-state index is 14.2. The predicted octanol–water partition coefficient (Wildman–Crippen LogP) is 3.88. The van der Waals surface area contributed by atoms with Gasteiger partial charge >= 0.3 is 0 Å². The van der Waals surface area contributed by atoms with Gasteiger partial charge < -0.3 is 5.11 Å². The SMILES string of the molecule is CC(=O)N1N=C(c2ccccc2O)C[C@H]1c1c(F)cccc1Cl. The summed E-state index contributed by atoms with van der Waals surface area (Å²) in [5, 5.41) is 15.7. The van der Waals surface area contributed by atoms with Gasteiger partial charge in [0.2, 0.25) is 5.91 Å². The molecule has 2 aromatic rings. The van der Waals surface area contributed by atoms with E-state index in [4.69, 9.17) is 11.6 Å². The summed E-state index contributed by atoms with van der Waals surface area (Å²) in [6, 6.07) is 10.5. The van der Waals surface area contributed by atoms with Crippen LogP contribution in [0.2, 0.25) is 5.02 Å². The smallest absolute Gasteiger partial charge is 0.240 e. The Hall–Kier alpha value is -2.40. The number of carbonyl (C=O) groups is 1. The van der Waals surface area contributed by atoms with Crippen LogP contribution >= 0.6 is 11.6 Å². The largest absolute Gasteiger partial charge is 0.507 e. The Morgan fingerprint density at radius 3 is 2.70 bits per heavy atom. The molecular formula is C17H14ClFN2O2. The van der Waals surface area contributed by atoms with E-state index < -0.39 is 11.9 Å². The van der Waals surface area contributed by atoms with Crippen LogP contribution in [0.4, 0.5) is 4.39 Å². The fraction of sp³-hybridized carbons (Fsp3) is 0.176. The molecule has 118 valence electrons. The molecular weight excluding hydrogens is 319 g/mol. The lowest BCUT2D eigenvalue weighted by atomic mass is 9.97. The molecule has 1 amide bonds. The van der Waals surface area contributed by atoms with Gasteiger partial charge in [0.25, 0.3) is 0 Å². The molecule has 23 heavy (non-hydrogen) atoms. The highest BCUT2D eigenvalue weighted by atomic mass is 35.5. The number of rotatable bonds is 2. The van der Waals surface area contributed by atoms with Crippen molar-refractivity contribution < 1.29 is 14.3 Å². The number of halogens is 2. The second-order valence-electron chi connectivity index (χ2n) is 5.28. The van der Waals surface area contributed by atoms with E-state index in [1.807, 2.05) is 0 Å². The molecule has 0 spiro atoms. The third-order valence-corrected chi connectivity index (χ3v) is 4.11. The molecule has 1 atom stereocenters. The van der Waals surface area contributed by atoms with E-state index in [-0.39, 0.29) is 28.7 Å². The molecule has 0 bridgehead atoms. The number of hydrogen-bond acceptors (Lipinski definition) is 3. The van der Waals surface area contributed by atoms with Gasteiger partial charge in [-0.2, -0.15) is 5.10 Å². The summed E-state index contributed by atoms with van der Waals surface area (Å²) in [5.41, 5.74) is 1.27. The van der Waals surface area contributed by atoms with Crippen molar-refractivity contribution in [1.82, 2.24) is 5.01 Å². The lowest BCUT2D eigenvalue weighted by Gasteiger charge is -2.21. The van der Waals surface area contributed by atoms with Crippen LogP contribution in [0.1, 0.15) is 30.5 Å². The van der Waals surface area contributed by atoms with Crippen LogP contribution in [0, 0.1) is 5.82 Å². The van der Waals surface area contributed by atoms with Crippen molar-refractivity contribution in [3.8, 4) is 5.75 Å². The fourth-order valence-electron chi connectivity index (χ4n) is 2.73. The molecule has 0 aliphatic carbocycles. The Kier molecular flexibility index (Phi) is 4.05. The number of aromatic hydroxyl groups is 1. The highest BCUT2D eigenvalue weighted by Crippen LogP contribution is 2.38. The van der Waals surface area contributed by atoms with Gasteiger partial charge in [0.05, 0.1) is 11.8 Å². The molecule has 3 rings (SSSR count). The molecule has 1 heterocycles. The van der Waals surface area contributed by atoms with E-state index in [1.54, 1.807) is 30.3 Å². The summed E-state index contributed by atoms with van der Waals surface area (Å²) in [6.07, 6.45) is 0.276. The van der Waals surface area contributed by atoms with E-state index in [0.29, 0.717) is 11.3 Å². The number of nitrogens with zero attached hydrogens (tertiary/aromatic N) is 2. The van der Waals surface area contributed by atoms with Gasteiger partial charge in [-0.05, 0) is 24.3 Å². The van der Waals surface area contributed by atoms with E-state index in [9.17, 15) is 14.3 Å². The Balaban J connectivity index is 2.05. The fourth-order valence-corrected chi connectivity index (χ4v) is 3.02. The zero-order valence-electron chi connectivity index (χ0n) is 12.3. The van der Waals surface area contributed by atoms with Crippen LogP contribution in [0.15, 0.2) is 47.6 Å². The Morgan fingerprint density at radius 2 is 2.04 bits per heavy atom. The molecule has 0 fully saturated rings. The Bertz CT molecular complexity index is 787. The van der Waals surface area contributed by atoms with Crippen LogP contribution in [-0.4, -0.2) is 21.7 Å². The highest BCUT2D eigenvalue weighted by molar-refractivity contribution is 6.31. The number of benzene rings is 2. The number of carbonyl (C=O) groups excluding carboxylic acids is 1. The molecule has 0 saturated carbocycles. The molecule has 6 heteroatoms. The van der Waals surface area contributed by atoms with Crippen molar-refractivity contribution >= 4 is 23.2 Å². The Morgan fingerprint density at radius 1 is 1.30 bits per heavy atom. The summed E-state index contributed by atoms with van der Waals surface area (Å²) in [7, 11) is 0. The second kappa shape index (κ2) is 6.01. The van der Waals surface area contributed by atoms with Crippen LogP contribution in [0.5, 0.6) is 5.75 Å².